The summed E-state index contributed by atoms with van der Waals surface area (Å²) < 4.78 is 1.86. The Morgan fingerprint density at radius 1 is 1.20 bits per heavy atom. The summed E-state index contributed by atoms with van der Waals surface area (Å²) in [6, 6.07) is 8.62. The van der Waals surface area contributed by atoms with Gasteiger partial charge < -0.3 is 4.98 Å². The molecule has 156 valence electrons. The van der Waals surface area contributed by atoms with Gasteiger partial charge in [0.1, 0.15) is 10.8 Å². The third-order valence-electron chi connectivity index (χ3n) is 6.41. The molecule has 3 nitrogen and oxygen atoms in total. The second-order valence-electron chi connectivity index (χ2n) is 8.74. The second kappa shape index (κ2) is 8.51. The van der Waals surface area contributed by atoms with Gasteiger partial charge in [-0.1, -0.05) is 42.8 Å². The Balaban J connectivity index is 1.77. The van der Waals surface area contributed by atoms with Gasteiger partial charge in [0.2, 0.25) is 0 Å². The summed E-state index contributed by atoms with van der Waals surface area (Å²) in [7, 11) is 0. The molecule has 1 N–H and O–H groups in total. The van der Waals surface area contributed by atoms with Crippen LogP contribution in [0.3, 0.4) is 0 Å². The first-order valence-electron chi connectivity index (χ1n) is 11.2. The van der Waals surface area contributed by atoms with E-state index in [9.17, 15) is 4.79 Å². The van der Waals surface area contributed by atoms with E-state index in [1.807, 2.05) is 11.5 Å². The van der Waals surface area contributed by atoms with Gasteiger partial charge in [-0.15, -0.1) is 6.58 Å². The number of hydrogen-bond acceptors (Lipinski definition) is 1. The quantitative estimate of drug-likeness (QED) is 0.519. The fourth-order valence-electron chi connectivity index (χ4n) is 4.54. The van der Waals surface area contributed by atoms with Crippen LogP contribution < -0.4 is 16.4 Å². The van der Waals surface area contributed by atoms with Gasteiger partial charge in [-0.3, -0.25) is 9.36 Å². The maximum absolute atomic E-state index is 13.2. The SMILES string of the molecule is C=C(C)CCCCC1=c2[nH]c(=C(C)CC)c(=O)n2C=C(C2=CCc3ccccc32)C1. The summed E-state index contributed by atoms with van der Waals surface area (Å²) in [5.74, 6) is 0. The minimum atomic E-state index is 0.0767. The number of hydrogen-bond donors (Lipinski definition) is 1. The Kier molecular flexibility index (Phi) is 5.80. The molecular formula is C27H32N2O. The first kappa shape index (κ1) is 20.5. The van der Waals surface area contributed by atoms with Gasteiger partial charge in [0.25, 0.3) is 5.56 Å². The number of nitrogens with zero attached hydrogens (tertiary/aromatic N) is 1. The number of aromatic nitrogens is 2. The molecule has 0 saturated heterocycles. The number of rotatable bonds is 7. The highest BCUT2D eigenvalue weighted by atomic mass is 16.1. The number of nitrogens with one attached hydrogen (secondary N) is 1. The van der Waals surface area contributed by atoms with Crippen LogP contribution in [-0.4, -0.2) is 9.55 Å². The number of H-pyrrole nitrogens is 1. The molecule has 1 aromatic carbocycles. The second-order valence-corrected chi connectivity index (χ2v) is 8.74. The minimum Gasteiger partial charge on any atom is -0.337 e. The van der Waals surface area contributed by atoms with Gasteiger partial charge in [-0.25, -0.2) is 0 Å². The lowest BCUT2D eigenvalue weighted by Gasteiger charge is -2.18. The smallest absolute Gasteiger partial charge is 0.279 e. The molecule has 0 unspecified atom stereocenters. The van der Waals surface area contributed by atoms with Crippen LogP contribution in [0.5, 0.6) is 0 Å². The highest BCUT2D eigenvalue weighted by molar-refractivity contribution is 5.88. The topological polar surface area (TPSA) is 37.8 Å². The molecule has 4 rings (SSSR count). The molecule has 1 aliphatic carbocycles. The first-order valence-corrected chi connectivity index (χ1v) is 11.2. The normalized spacial score (nSPS) is 16.0. The number of imidazole rings is 1. The van der Waals surface area contributed by atoms with Crippen LogP contribution in [0, 0.1) is 0 Å². The molecule has 0 fully saturated rings. The lowest BCUT2D eigenvalue weighted by Crippen LogP contribution is -2.31. The van der Waals surface area contributed by atoms with E-state index in [1.165, 1.54) is 33.4 Å². The van der Waals surface area contributed by atoms with Crippen molar-refractivity contribution in [3.05, 3.63) is 80.4 Å². The molecule has 0 bridgehead atoms. The fourth-order valence-corrected chi connectivity index (χ4v) is 4.54. The van der Waals surface area contributed by atoms with Gasteiger partial charge in [0.15, 0.2) is 0 Å². The molecule has 2 aromatic rings. The Morgan fingerprint density at radius 3 is 2.77 bits per heavy atom. The molecule has 0 radical (unpaired) electrons. The number of allylic oxidation sites excluding steroid dienone is 4. The van der Waals surface area contributed by atoms with Crippen LogP contribution in [0.1, 0.15) is 70.4 Å². The van der Waals surface area contributed by atoms with Gasteiger partial charge in [-0.2, -0.15) is 0 Å². The van der Waals surface area contributed by atoms with Crippen molar-refractivity contribution in [2.24, 2.45) is 0 Å². The summed E-state index contributed by atoms with van der Waals surface area (Å²) in [5, 5.41) is 0.755. The maximum atomic E-state index is 13.2. The third kappa shape index (κ3) is 3.81. The Hall–Kier alpha value is -2.81. The van der Waals surface area contributed by atoms with Crippen molar-refractivity contribution >= 4 is 22.9 Å². The molecule has 3 heteroatoms. The summed E-state index contributed by atoms with van der Waals surface area (Å²) >= 11 is 0. The Labute approximate surface area is 178 Å². The predicted molar refractivity (Wildman–Crippen MR) is 127 cm³/mol. The maximum Gasteiger partial charge on any atom is 0.279 e. The van der Waals surface area contributed by atoms with E-state index < -0.39 is 0 Å². The molecule has 30 heavy (non-hydrogen) atoms. The molecule has 0 spiro atoms. The van der Waals surface area contributed by atoms with E-state index in [0.29, 0.717) is 0 Å². The van der Waals surface area contributed by atoms with Crippen LogP contribution in [0.25, 0.3) is 22.9 Å². The molecule has 1 aliphatic heterocycles. The van der Waals surface area contributed by atoms with Crippen LogP contribution in [-0.2, 0) is 6.42 Å². The van der Waals surface area contributed by atoms with Crippen LogP contribution in [0.4, 0.5) is 0 Å². The van der Waals surface area contributed by atoms with Crippen molar-refractivity contribution in [3.8, 4) is 0 Å². The number of fused-ring (bicyclic) bond motifs is 2. The van der Waals surface area contributed by atoms with E-state index >= 15 is 0 Å². The molecule has 0 atom stereocenters. The first-order chi connectivity index (χ1) is 14.5. The summed E-state index contributed by atoms with van der Waals surface area (Å²) in [5.41, 5.74) is 10.0. The molecular weight excluding hydrogens is 368 g/mol. The van der Waals surface area contributed by atoms with Gasteiger partial charge in [-0.05, 0) is 92.2 Å². The standard InChI is InChI=1S/C27H32N2O/c1-5-19(4)25-27(30)29-17-22(24-15-14-20-11-8-9-13-23(20)24)16-21(26(29)28-25)12-7-6-10-18(2)3/h8-9,11,13,15,17,28H,2,5-7,10,12,14,16H2,1,3-4H3. The average Bonchev–Trinajstić information content (AvgIpc) is 3.32. The Morgan fingerprint density at radius 2 is 2.00 bits per heavy atom. The van der Waals surface area contributed by atoms with Gasteiger partial charge in [0.05, 0.1) is 0 Å². The monoisotopic (exact) mass is 400 g/mol. The van der Waals surface area contributed by atoms with Crippen molar-refractivity contribution in [1.82, 2.24) is 9.55 Å². The van der Waals surface area contributed by atoms with Crippen molar-refractivity contribution in [2.75, 3.05) is 0 Å². The van der Waals surface area contributed by atoms with Gasteiger partial charge >= 0.3 is 0 Å². The lowest BCUT2D eigenvalue weighted by atomic mass is 9.91. The lowest BCUT2D eigenvalue weighted by molar-refractivity contribution is 0.737. The Bertz CT molecular complexity index is 1230. The van der Waals surface area contributed by atoms with E-state index in [0.717, 1.165) is 61.3 Å². The zero-order valence-electron chi connectivity index (χ0n) is 18.5. The van der Waals surface area contributed by atoms with Gasteiger partial charge in [0, 0.05) is 6.20 Å². The van der Waals surface area contributed by atoms with Crippen molar-refractivity contribution in [3.63, 3.8) is 0 Å². The highest BCUT2D eigenvalue weighted by Crippen LogP contribution is 2.37. The molecule has 2 heterocycles. The van der Waals surface area contributed by atoms with Crippen LogP contribution >= 0.6 is 0 Å². The zero-order chi connectivity index (χ0) is 21.3. The van der Waals surface area contributed by atoms with Crippen LogP contribution in [0.15, 0.2) is 52.9 Å². The number of benzene rings is 1. The van der Waals surface area contributed by atoms with E-state index in [2.05, 4.69) is 62.0 Å². The van der Waals surface area contributed by atoms with E-state index in [1.54, 1.807) is 0 Å². The zero-order valence-corrected chi connectivity index (χ0v) is 18.5. The van der Waals surface area contributed by atoms with Crippen molar-refractivity contribution in [1.29, 1.82) is 0 Å². The van der Waals surface area contributed by atoms with E-state index in [-0.39, 0.29) is 5.56 Å². The minimum absolute atomic E-state index is 0.0767. The van der Waals surface area contributed by atoms with Crippen molar-refractivity contribution in [2.45, 2.75) is 65.7 Å². The predicted octanol–water partition coefficient (Wildman–Crippen LogP) is 4.93. The summed E-state index contributed by atoms with van der Waals surface area (Å²) in [6.07, 6.45) is 11.5. The largest absolute Gasteiger partial charge is 0.337 e. The summed E-state index contributed by atoms with van der Waals surface area (Å²) in [4.78, 5) is 16.7. The highest BCUT2D eigenvalue weighted by Gasteiger charge is 2.22. The van der Waals surface area contributed by atoms with Crippen LogP contribution in [0.2, 0.25) is 0 Å². The summed E-state index contributed by atoms with van der Waals surface area (Å²) in [6.45, 7) is 10.3. The van der Waals surface area contributed by atoms with Crippen molar-refractivity contribution < 1.29 is 0 Å². The molecule has 1 aromatic heterocycles. The average molecular weight is 401 g/mol. The number of unbranched alkanes of at least 4 members (excludes halogenated alkanes) is 1. The molecule has 2 aliphatic rings. The third-order valence-corrected chi connectivity index (χ3v) is 6.41. The fraction of sp³-hybridized carbons (Fsp3) is 0.370. The van der Waals surface area contributed by atoms with E-state index in [4.69, 9.17) is 0 Å². The number of aromatic amines is 1. The molecule has 0 saturated carbocycles. The molecule has 0 amide bonds.